The van der Waals surface area contributed by atoms with Crippen molar-refractivity contribution in [1.29, 1.82) is 0 Å². The minimum absolute atomic E-state index is 0.0560. The number of rotatable bonds is 18. The molecular weight excluding hydrogens is 812 g/mol. The van der Waals surface area contributed by atoms with Crippen LogP contribution in [0.3, 0.4) is 0 Å². The number of nitrogens with two attached hydrogens (primary N) is 2. The summed E-state index contributed by atoms with van der Waals surface area (Å²) < 4.78 is 59.7. The first-order valence-electron chi connectivity index (χ1n) is 16.6. The molecule has 0 bridgehead atoms. The molecule has 0 aromatic carbocycles. The number of carbonyl (C=O) groups is 1. The number of anilines is 2. The lowest BCUT2D eigenvalue weighted by Gasteiger charge is -2.24. The average Bonchev–Trinajstić information content (AvgIpc) is 3.77. The minimum atomic E-state index is -5.11. The van der Waals surface area contributed by atoms with Crippen molar-refractivity contribution >= 4 is 66.0 Å². The highest BCUT2D eigenvalue weighted by atomic mass is 33.1. The summed E-state index contributed by atoms with van der Waals surface area (Å²) in [7, 11) is -6.69. The molecule has 0 radical (unpaired) electrons. The summed E-state index contributed by atoms with van der Waals surface area (Å²) in [5.41, 5.74) is 11.0. The molecule has 0 amide bonds. The molecule has 2 aliphatic rings. The third kappa shape index (κ3) is 12.1. The van der Waals surface area contributed by atoms with Crippen molar-refractivity contribution in [3.63, 3.8) is 0 Å². The van der Waals surface area contributed by atoms with E-state index in [0.29, 0.717) is 6.54 Å². The topological polar surface area (TPSA) is 330 Å². The second-order valence-corrected chi connectivity index (χ2v) is 19.1. The minimum Gasteiger partial charge on any atom is -0.456 e. The molecule has 2 fully saturated rings. The van der Waals surface area contributed by atoms with E-state index in [-0.39, 0.29) is 46.9 Å². The molecule has 55 heavy (non-hydrogen) atoms. The van der Waals surface area contributed by atoms with Gasteiger partial charge < -0.3 is 50.8 Å². The molecule has 9 N–H and O–H groups in total. The van der Waals surface area contributed by atoms with Gasteiger partial charge in [-0.25, -0.2) is 28.9 Å². The van der Waals surface area contributed by atoms with Crippen LogP contribution in [0, 0.1) is 0 Å². The van der Waals surface area contributed by atoms with Crippen LogP contribution in [0.1, 0.15) is 46.1 Å². The van der Waals surface area contributed by atoms with E-state index in [9.17, 15) is 38.5 Å². The number of phosphoric ester groups is 2. The number of aliphatic hydroxyl groups is 1. The van der Waals surface area contributed by atoms with Gasteiger partial charge in [0.05, 0.1) is 26.0 Å². The number of hydrogen-bond acceptors (Lipinski definition) is 20. The van der Waals surface area contributed by atoms with Crippen molar-refractivity contribution in [2.24, 2.45) is 0 Å². The summed E-state index contributed by atoms with van der Waals surface area (Å²) in [5, 5.41) is 14.6. The van der Waals surface area contributed by atoms with Gasteiger partial charge in [-0.15, -0.1) is 0 Å². The van der Waals surface area contributed by atoms with Crippen LogP contribution in [0.25, 0.3) is 11.2 Å². The molecule has 8 atom stereocenters. The van der Waals surface area contributed by atoms with Gasteiger partial charge in [0.25, 0.3) is 0 Å². The Labute approximate surface area is 321 Å². The van der Waals surface area contributed by atoms with Crippen molar-refractivity contribution in [3.8, 4) is 0 Å². The fraction of sp³-hybridized carbons (Fsp3) is 0.643. The maximum Gasteiger partial charge on any atom is 0.472 e. The first-order valence-corrected chi connectivity index (χ1v) is 22.0. The summed E-state index contributed by atoms with van der Waals surface area (Å²) in [6.45, 7) is 5.65. The Hall–Kier alpha value is -2.74. The molecule has 3 aromatic rings. The molecule has 0 saturated carbocycles. The largest absolute Gasteiger partial charge is 0.472 e. The van der Waals surface area contributed by atoms with E-state index < -0.39 is 83.5 Å². The van der Waals surface area contributed by atoms with Gasteiger partial charge in [0.1, 0.15) is 48.3 Å². The summed E-state index contributed by atoms with van der Waals surface area (Å²) >= 11 is 0. The molecule has 27 heteroatoms. The molecule has 23 nitrogen and oxygen atoms in total. The van der Waals surface area contributed by atoms with Crippen LogP contribution in [0.5, 0.6) is 0 Å². The van der Waals surface area contributed by atoms with Gasteiger partial charge in [-0.1, -0.05) is 42.4 Å². The number of nitrogens with zero attached hydrogens (tertiary/aromatic N) is 6. The van der Waals surface area contributed by atoms with Gasteiger partial charge in [-0.2, -0.15) is 4.98 Å². The number of fused-ring (bicyclic) bond motifs is 1. The Morgan fingerprint density at radius 1 is 1.07 bits per heavy atom. The van der Waals surface area contributed by atoms with Crippen molar-refractivity contribution < 1.29 is 61.5 Å². The van der Waals surface area contributed by atoms with Crippen LogP contribution in [-0.2, 0) is 41.7 Å². The Kier molecular flexibility index (Phi) is 14.4. The number of phosphoric acid groups is 2. The zero-order valence-corrected chi connectivity index (χ0v) is 33.1. The van der Waals surface area contributed by atoms with Gasteiger partial charge in [0, 0.05) is 36.2 Å². The lowest BCUT2D eigenvalue weighted by molar-refractivity contribution is -0.156. The van der Waals surface area contributed by atoms with Gasteiger partial charge in [0.2, 0.25) is 0 Å². The van der Waals surface area contributed by atoms with E-state index in [2.05, 4.69) is 50.5 Å². The van der Waals surface area contributed by atoms with Crippen LogP contribution < -0.4 is 22.5 Å². The van der Waals surface area contributed by atoms with Crippen LogP contribution in [-0.4, -0.2) is 122 Å². The molecule has 3 aromatic heterocycles. The Morgan fingerprint density at radius 2 is 1.82 bits per heavy atom. The van der Waals surface area contributed by atoms with Crippen LogP contribution >= 0.6 is 37.2 Å². The number of carbonyl (C=O) groups excluding carboxylic acids is 1. The highest BCUT2D eigenvalue weighted by Gasteiger charge is 2.49. The van der Waals surface area contributed by atoms with Gasteiger partial charge in [-0.3, -0.25) is 27.5 Å². The van der Waals surface area contributed by atoms with Gasteiger partial charge >= 0.3 is 27.3 Å². The van der Waals surface area contributed by atoms with Crippen molar-refractivity contribution in [1.82, 2.24) is 34.4 Å². The molecule has 0 spiro atoms. The Bertz CT molecular complexity index is 1950. The van der Waals surface area contributed by atoms with Crippen LogP contribution in [0.2, 0.25) is 0 Å². The zero-order chi connectivity index (χ0) is 40.1. The molecule has 306 valence electrons. The SMILES string of the molecule is CC(C)(C)SSCCNCCC(=O)O[C@@H]1[C@@H](COP(=O)(O)O[C@H]2C[C@H](n3ccc(N)nc3=O)O[C@@H]2COP(=O)(O)O)OC(n2cnc3c(N)ncnc32)[C@@H]1O. The molecule has 0 aliphatic carbocycles. The fourth-order valence-corrected chi connectivity index (χ4v) is 8.99. The third-order valence-corrected chi connectivity index (χ3v) is 12.7. The molecule has 2 unspecified atom stereocenters. The second kappa shape index (κ2) is 18.2. The number of aromatic nitrogens is 6. The van der Waals surface area contributed by atoms with Crippen molar-refractivity contribution in [2.45, 2.75) is 81.3 Å². The summed E-state index contributed by atoms with van der Waals surface area (Å²) in [6, 6.07) is 1.30. The number of nitrogens with one attached hydrogen (secondary N) is 1. The summed E-state index contributed by atoms with van der Waals surface area (Å²) in [5.74, 6) is 0.0667. The predicted molar refractivity (Wildman–Crippen MR) is 197 cm³/mol. The van der Waals surface area contributed by atoms with E-state index in [0.717, 1.165) is 10.3 Å². The normalized spacial score (nSPS) is 25.7. The van der Waals surface area contributed by atoms with Crippen LogP contribution in [0.15, 0.2) is 29.7 Å². The smallest absolute Gasteiger partial charge is 0.456 e. The standard InChI is InChI=1S/C28H43N9O14P2S2/c1-28(2,3)55-54-9-7-31-6-4-20(38)50-23-17(49-26(22(23)39)37-14-34-21-24(30)32-13-33-25(21)37)12-47-53(44,45)51-15-10-19(36-8-5-18(29)35-27(36)40)48-16(15)11-46-52(41,42)43/h5,8,13-17,19,22-23,26,31,39H,4,6-7,9-12H2,1-3H3,(H,44,45)(H2,29,35,40)(H2,30,32,33)(H2,41,42,43)/t15-,16+,17+,19+,22+,23+,26?/m0/s1. The lowest BCUT2D eigenvalue weighted by Crippen LogP contribution is -2.39. The molecule has 5 heterocycles. The predicted octanol–water partition coefficient (Wildman–Crippen LogP) is 0.476. The molecular formula is C28H43N9O14P2S2. The lowest BCUT2D eigenvalue weighted by atomic mass is 10.1. The highest BCUT2D eigenvalue weighted by Crippen LogP contribution is 2.50. The maximum absolute atomic E-state index is 13.3. The van der Waals surface area contributed by atoms with E-state index in [1.54, 1.807) is 21.6 Å². The quantitative estimate of drug-likeness (QED) is 0.0396. The number of ether oxygens (including phenoxy) is 3. The van der Waals surface area contributed by atoms with Crippen molar-refractivity contribution in [2.75, 3.05) is 43.5 Å². The van der Waals surface area contributed by atoms with E-state index >= 15 is 0 Å². The monoisotopic (exact) mass is 855 g/mol. The van der Waals surface area contributed by atoms with E-state index in [1.165, 1.54) is 29.5 Å². The Balaban J connectivity index is 1.27. The molecule has 5 rings (SSSR count). The van der Waals surface area contributed by atoms with Crippen molar-refractivity contribution in [3.05, 3.63) is 35.4 Å². The first-order chi connectivity index (χ1) is 25.8. The molecule has 2 saturated heterocycles. The maximum atomic E-state index is 13.3. The number of nitrogen functional groups attached to an aromatic ring is 2. The highest BCUT2D eigenvalue weighted by molar-refractivity contribution is 8.77. The van der Waals surface area contributed by atoms with E-state index in [1.807, 2.05) is 0 Å². The summed E-state index contributed by atoms with van der Waals surface area (Å²) in [6.07, 6.45) is -6.28. The molecule has 2 aliphatic heterocycles. The van der Waals surface area contributed by atoms with Crippen LogP contribution in [0.4, 0.5) is 11.6 Å². The number of imidazole rings is 1. The number of esters is 1. The van der Waals surface area contributed by atoms with Gasteiger partial charge in [-0.05, 0) is 6.07 Å². The number of aliphatic hydroxyl groups excluding tert-OH is 1. The first kappa shape index (κ1) is 43.4. The summed E-state index contributed by atoms with van der Waals surface area (Å²) in [4.78, 5) is 70.5. The Morgan fingerprint density at radius 3 is 2.53 bits per heavy atom. The second-order valence-electron chi connectivity index (χ2n) is 13.2. The number of hydrogen-bond donors (Lipinski definition) is 7. The van der Waals surface area contributed by atoms with Gasteiger partial charge in [0.15, 0.2) is 23.8 Å². The fourth-order valence-electron chi connectivity index (χ4n) is 5.46. The third-order valence-electron chi connectivity index (χ3n) is 7.83. The zero-order valence-electron chi connectivity index (χ0n) is 29.7. The van der Waals surface area contributed by atoms with E-state index in [4.69, 9.17) is 34.7 Å². The average molecular weight is 856 g/mol.